The summed E-state index contributed by atoms with van der Waals surface area (Å²) in [7, 11) is 1.55. The maximum Gasteiger partial charge on any atom is 0.255 e. The van der Waals surface area contributed by atoms with E-state index in [2.05, 4.69) is 21.2 Å². The van der Waals surface area contributed by atoms with Crippen LogP contribution in [0.4, 0.5) is 5.69 Å². The molecule has 0 heterocycles. The van der Waals surface area contributed by atoms with Crippen molar-refractivity contribution in [1.82, 2.24) is 0 Å². The van der Waals surface area contributed by atoms with Crippen LogP contribution in [0, 0.1) is 0 Å². The summed E-state index contributed by atoms with van der Waals surface area (Å²) in [6.07, 6.45) is 0. The second kappa shape index (κ2) is 6.15. The summed E-state index contributed by atoms with van der Waals surface area (Å²) in [5.41, 5.74) is 0.953. The number of benzene rings is 2. The predicted octanol–water partition coefficient (Wildman–Crippen LogP) is 4.07. The number of carbonyl (C=O) groups excluding carboxylic acids is 1. The number of anilines is 1. The lowest BCUT2D eigenvalue weighted by atomic mass is 10.2. The molecular weight excluding hydrogens is 346 g/mol. The van der Waals surface area contributed by atoms with Crippen LogP contribution in [-0.2, 0) is 0 Å². The van der Waals surface area contributed by atoms with Crippen LogP contribution in [0.5, 0.6) is 11.5 Å². The van der Waals surface area contributed by atoms with Crippen LogP contribution < -0.4 is 10.1 Å². The highest BCUT2D eigenvalue weighted by Crippen LogP contribution is 2.28. The molecule has 2 N–H and O–H groups in total. The Bertz CT molecular complexity index is 661. The van der Waals surface area contributed by atoms with Crippen LogP contribution in [0.3, 0.4) is 0 Å². The van der Waals surface area contributed by atoms with E-state index in [4.69, 9.17) is 16.3 Å². The van der Waals surface area contributed by atoms with Gasteiger partial charge in [-0.2, -0.15) is 0 Å². The third kappa shape index (κ3) is 3.23. The molecule has 0 radical (unpaired) electrons. The smallest absolute Gasteiger partial charge is 0.255 e. The van der Waals surface area contributed by atoms with Crippen molar-refractivity contribution in [3.8, 4) is 11.5 Å². The molecule has 0 aliphatic rings. The van der Waals surface area contributed by atoms with E-state index in [0.29, 0.717) is 17.0 Å². The first-order valence-electron chi connectivity index (χ1n) is 5.64. The number of rotatable bonds is 3. The van der Waals surface area contributed by atoms with Gasteiger partial charge in [-0.3, -0.25) is 4.79 Å². The summed E-state index contributed by atoms with van der Waals surface area (Å²) < 4.78 is 5.95. The summed E-state index contributed by atoms with van der Waals surface area (Å²) in [4.78, 5) is 12.1. The first-order valence-corrected chi connectivity index (χ1v) is 6.82. The van der Waals surface area contributed by atoms with Gasteiger partial charge in [0.2, 0.25) is 0 Å². The Labute approximate surface area is 129 Å². The van der Waals surface area contributed by atoms with E-state index >= 15 is 0 Å². The van der Waals surface area contributed by atoms with E-state index in [-0.39, 0.29) is 16.7 Å². The Morgan fingerprint density at radius 2 is 2.05 bits per heavy atom. The average Bonchev–Trinajstić information content (AvgIpc) is 2.43. The lowest BCUT2D eigenvalue weighted by molar-refractivity contribution is 0.102. The molecule has 4 nitrogen and oxygen atoms in total. The molecule has 20 heavy (non-hydrogen) atoms. The maximum absolute atomic E-state index is 12.1. The number of nitrogens with one attached hydrogen (secondary N) is 1. The van der Waals surface area contributed by atoms with Gasteiger partial charge in [0.25, 0.3) is 5.91 Å². The highest BCUT2D eigenvalue weighted by atomic mass is 79.9. The lowest BCUT2D eigenvalue weighted by Gasteiger charge is -2.09. The second-order valence-corrected chi connectivity index (χ2v) is 5.23. The zero-order valence-electron chi connectivity index (χ0n) is 10.5. The number of aromatic hydroxyl groups is 1. The Balaban J connectivity index is 2.21. The molecule has 0 atom stereocenters. The van der Waals surface area contributed by atoms with Crippen molar-refractivity contribution >= 4 is 39.1 Å². The number of ether oxygens (including phenoxy) is 1. The van der Waals surface area contributed by atoms with Crippen molar-refractivity contribution in [2.75, 3.05) is 12.4 Å². The van der Waals surface area contributed by atoms with Crippen LogP contribution in [0.25, 0.3) is 0 Å². The van der Waals surface area contributed by atoms with E-state index in [0.717, 1.165) is 4.47 Å². The first kappa shape index (κ1) is 14.7. The molecule has 0 aromatic heterocycles. The van der Waals surface area contributed by atoms with E-state index in [1.807, 2.05) is 0 Å². The standard InChI is InChI=1S/C14H11BrClNO3/c1-20-13-7-9(3-4-10(13)15)17-14(19)8-2-5-12(18)11(16)6-8/h2-7,18H,1H3,(H,17,19). The number of amides is 1. The Morgan fingerprint density at radius 3 is 2.70 bits per heavy atom. The second-order valence-electron chi connectivity index (χ2n) is 3.97. The molecular formula is C14H11BrClNO3. The summed E-state index contributed by atoms with van der Waals surface area (Å²) >= 11 is 9.11. The van der Waals surface area contributed by atoms with Gasteiger partial charge in [-0.05, 0) is 46.3 Å². The number of carbonyl (C=O) groups is 1. The monoisotopic (exact) mass is 355 g/mol. The Morgan fingerprint density at radius 1 is 1.30 bits per heavy atom. The summed E-state index contributed by atoms with van der Waals surface area (Å²) in [5, 5.41) is 12.2. The molecule has 0 unspecified atom stereocenters. The van der Waals surface area contributed by atoms with Crippen molar-refractivity contribution in [2.45, 2.75) is 0 Å². The first-order chi connectivity index (χ1) is 9.51. The van der Waals surface area contributed by atoms with Crippen LogP contribution in [0.1, 0.15) is 10.4 Å². The van der Waals surface area contributed by atoms with Crippen molar-refractivity contribution in [3.05, 3.63) is 51.5 Å². The fourth-order valence-corrected chi connectivity index (χ4v) is 2.18. The number of phenolic OH excluding ortho intramolecular Hbond substituents is 1. The zero-order valence-corrected chi connectivity index (χ0v) is 12.8. The molecule has 0 aliphatic heterocycles. The molecule has 6 heteroatoms. The Hall–Kier alpha value is -1.72. The van der Waals surface area contributed by atoms with Gasteiger partial charge in [0.1, 0.15) is 11.5 Å². The molecule has 0 saturated heterocycles. The number of hydrogen-bond donors (Lipinski definition) is 2. The van der Waals surface area contributed by atoms with Crippen LogP contribution in [0.15, 0.2) is 40.9 Å². The highest BCUT2D eigenvalue weighted by Gasteiger charge is 2.10. The van der Waals surface area contributed by atoms with Crippen molar-refractivity contribution in [2.24, 2.45) is 0 Å². The molecule has 0 fully saturated rings. The third-order valence-electron chi connectivity index (χ3n) is 2.62. The summed E-state index contributed by atoms with van der Waals surface area (Å²) in [6, 6.07) is 9.49. The largest absolute Gasteiger partial charge is 0.506 e. The fraction of sp³-hybridized carbons (Fsp3) is 0.0714. The van der Waals surface area contributed by atoms with Crippen LogP contribution in [0.2, 0.25) is 5.02 Å². The van der Waals surface area contributed by atoms with Gasteiger partial charge < -0.3 is 15.2 Å². The van der Waals surface area contributed by atoms with Gasteiger partial charge >= 0.3 is 0 Å². The molecule has 2 aromatic rings. The lowest BCUT2D eigenvalue weighted by Crippen LogP contribution is -2.11. The zero-order chi connectivity index (χ0) is 14.7. The van der Waals surface area contributed by atoms with E-state index in [1.54, 1.807) is 25.3 Å². The molecule has 0 aliphatic carbocycles. The van der Waals surface area contributed by atoms with E-state index in [1.165, 1.54) is 18.2 Å². The van der Waals surface area contributed by atoms with Gasteiger partial charge in [-0.25, -0.2) is 0 Å². The van der Waals surface area contributed by atoms with Gasteiger partial charge in [-0.1, -0.05) is 11.6 Å². The van der Waals surface area contributed by atoms with Crippen molar-refractivity contribution < 1.29 is 14.6 Å². The number of methoxy groups -OCH3 is 1. The summed E-state index contributed by atoms with van der Waals surface area (Å²) in [5.74, 6) is 0.233. The van der Waals surface area contributed by atoms with Crippen molar-refractivity contribution in [3.63, 3.8) is 0 Å². The minimum absolute atomic E-state index is 0.0615. The molecule has 2 aromatic carbocycles. The number of halogens is 2. The van der Waals surface area contributed by atoms with E-state index < -0.39 is 0 Å². The van der Waals surface area contributed by atoms with E-state index in [9.17, 15) is 9.90 Å². The van der Waals surface area contributed by atoms with Gasteiger partial charge in [-0.15, -0.1) is 0 Å². The maximum atomic E-state index is 12.1. The minimum atomic E-state index is -0.323. The fourth-order valence-electron chi connectivity index (χ4n) is 1.59. The molecule has 2 rings (SSSR count). The molecule has 0 spiro atoms. The van der Waals surface area contributed by atoms with Crippen LogP contribution >= 0.6 is 27.5 Å². The molecule has 1 amide bonds. The summed E-state index contributed by atoms with van der Waals surface area (Å²) in [6.45, 7) is 0. The van der Waals surface area contributed by atoms with Gasteiger partial charge in [0.15, 0.2) is 0 Å². The van der Waals surface area contributed by atoms with Crippen LogP contribution in [-0.4, -0.2) is 18.1 Å². The SMILES string of the molecule is COc1cc(NC(=O)c2ccc(O)c(Cl)c2)ccc1Br. The van der Waals surface area contributed by atoms with Crippen molar-refractivity contribution in [1.29, 1.82) is 0 Å². The number of hydrogen-bond acceptors (Lipinski definition) is 3. The quantitative estimate of drug-likeness (QED) is 0.871. The highest BCUT2D eigenvalue weighted by molar-refractivity contribution is 9.10. The predicted molar refractivity (Wildman–Crippen MR) is 81.8 cm³/mol. The molecule has 104 valence electrons. The Kier molecular flexibility index (Phi) is 4.52. The number of phenols is 1. The van der Waals surface area contributed by atoms with Gasteiger partial charge in [0, 0.05) is 17.3 Å². The molecule has 0 saturated carbocycles. The average molecular weight is 357 g/mol. The molecule has 0 bridgehead atoms. The normalized spacial score (nSPS) is 10.2. The van der Waals surface area contributed by atoms with Gasteiger partial charge in [0.05, 0.1) is 16.6 Å². The topological polar surface area (TPSA) is 58.6 Å². The minimum Gasteiger partial charge on any atom is -0.506 e. The third-order valence-corrected chi connectivity index (χ3v) is 3.58.